The van der Waals surface area contributed by atoms with Gasteiger partial charge in [-0.15, -0.1) is 0 Å². The average Bonchev–Trinajstić information content (AvgIpc) is 3.07. The van der Waals surface area contributed by atoms with Gasteiger partial charge in [0.25, 0.3) is 0 Å². The number of carbonyl (C=O) groups is 5. The van der Waals surface area contributed by atoms with Gasteiger partial charge in [0.2, 0.25) is 0 Å². The van der Waals surface area contributed by atoms with Crippen LogP contribution in [0.15, 0.2) is 79.4 Å². The molecule has 10 heteroatoms. The highest BCUT2D eigenvalue weighted by molar-refractivity contribution is 5.92. The molecule has 0 aliphatic heterocycles. The van der Waals surface area contributed by atoms with Crippen LogP contribution in [0.2, 0.25) is 0 Å². The van der Waals surface area contributed by atoms with Crippen LogP contribution in [0.4, 0.5) is 0 Å². The van der Waals surface area contributed by atoms with Gasteiger partial charge in [-0.05, 0) is 105 Å². The molecule has 254 valence electrons. The summed E-state index contributed by atoms with van der Waals surface area (Å²) in [5.74, 6) is -1.20. The topological polar surface area (TPSA) is 132 Å². The van der Waals surface area contributed by atoms with Crippen molar-refractivity contribution in [3.63, 3.8) is 0 Å². The van der Waals surface area contributed by atoms with Crippen molar-refractivity contribution >= 4 is 29.8 Å². The second-order valence-corrected chi connectivity index (χ2v) is 11.0. The summed E-state index contributed by atoms with van der Waals surface area (Å²) < 4.78 is 26.6. The highest BCUT2D eigenvalue weighted by Crippen LogP contribution is 2.26. The van der Waals surface area contributed by atoms with E-state index in [1.54, 1.807) is 25.1 Å². The van der Waals surface area contributed by atoms with E-state index in [0.717, 1.165) is 38.2 Å². The molecule has 0 saturated heterocycles. The minimum absolute atomic E-state index is 0.201. The number of ether oxygens (including phenoxy) is 5. The van der Waals surface area contributed by atoms with Crippen LogP contribution >= 0.6 is 0 Å². The third-order valence-electron chi connectivity index (χ3n) is 7.12. The number of hydrogen-bond acceptors (Lipinski definition) is 10. The van der Waals surface area contributed by atoms with Gasteiger partial charge in [-0.25, -0.2) is 14.4 Å². The molecule has 0 aromatic heterocycles. The lowest BCUT2D eigenvalue weighted by Gasteiger charge is -2.11. The van der Waals surface area contributed by atoms with Crippen LogP contribution in [0.5, 0.6) is 23.0 Å². The molecule has 10 nitrogen and oxygen atoms in total. The van der Waals surface area contributed by atoms with Gasteiger partial charge in [-0.2, -0.15) is 0 Å². The lowest BCUT2D eigenvalue weighted by atomic mass is 10.1. The first kappa shape index (κ1) is 37.2. The number of rotatable bonds is 19. The number of unbranched alkanes of at least 4 members (excludes halogenated alkanes) is 6. The lowest BCUT2D eigenvalue weighted by Crippen LogP contribution is -2.11. The van der Waals surface area contributed by atoms with E-state index in [0.29, 0.717) is 42.7 Å². The van der Waals surface area contributed by atoms with E-state index in [-0.39, 0.29) is 41.6 Å². The third-order valence-corrected chi connectivity index (χ3v) is 7.12. The van der Waals surface area contributed by atoms with E-state index in [1.807, 2.05) is 0 Å². The number of esters is 5. The number of carbonyl (C=O) groups excluding carboxylic acids is 5. The van der Waals surface area contributed by atoms with Crippen LogP contribution in [0.1, 0.15) is 97.4 Å². The molecule has 0 aliphatic rings. The predicted octanol–water partition coefficient (Wildman–Crippen LogP) is 7.89. The van der Waals surface area contributed by atoms with E-state index in [9.17, 15) is 24.0 Å². The molecule has 0 bridgehead atoms. The highest BCUT2D eigenvalue weighted by Gasteiger charge is 2.15. The molecule has 0 spiro atoms. The molecule has 0 fully saturated rings. The molecule has 0 radical (unpaired) electrons. The standard InChI is InChI=1S/C38H42O10/c1-4-6-7-8-10-13-35(40)45-30-19-15-28(16-20-30)37(42)47-32-23-24-33(27(3)26-32)48-38(43)29-17-21-31(22-18-29)46-36(41)14-11-9-12-25-44-34(39)5-2/h5,15-24,26H,2,4,6-14,25H2,1,3H3. The minimum atomic E-state index is -0.616. The van der Waals surface area contributed by atoms with Gasteiger partial charge in [0, 0.05) is 18.9 Å². The van der Waals surface area contributed by atoms with Crippen molar-refractivity contribution in [2.45, 2.75) is 78.1 Å². The minimum Gasteiger partial charge on any atom is -0.463 e. The molecule has 0 saturated carbocycles. The molecular weight excluding hydrogens is 616 g/mol. The van der Waals surface area contributed by atoms with E-state index in [4.69, 9.17) is 23.7 Å². The van der Waals surface area contributed by atoms with Gasteiger partial charge in [0.1, 0.15) is 23.0 Å². The third kappa shape index (κ3) is 13.2. The fourth-order valence-corrected chi connectivity index (χ4v) is 4.46. The Morgan fingerprint density at radius 1 is 0.604 bits per heavy atom. The molecule has 3 aromatic rings. The first-order chi connectivity index (χ1) is 23.2. The Hall–Kier alpha value is -5.25. The lowest BCUT2D eigenvalue weighted by molar-refractivity contribution is -0.138. The fourth-order valence-electron chi connectivity index (χ4n) is 4.46. The Labute approximate surface area is 281 Å². The van der Waals surface area contributed by atoms with Crippen LogP contribution in [-0.4, -0.2) is 36.5 Å². The predicted molar refractivity (Wildman–Crippen MR) is 178 cm³/mol. The van der Waals surface area contributed by atoms with Crippen molar-refractivity contribution < 1.29 is 47.7 Å². The summed E-state index contributed by atoms with van der Waals surface area (Å²) in [5, 5.41) is 0. The van der Waals surface area contributed by atoms with Gasteiger partial charge in [-0.3, -0.25) is 9.59 Å². The average molecular weight is 659 g/mol. The Morgan fingerprint density at radius 2 is 1.10 bits per heavy atom. The smallest absolute Gasteiger partial charge is 0.343 e. The summed E-state index contributed by atoms with van der Waals surface area (Å²) in [6, 6.07) is 16.8. The zero-order valence-corrected chi connectivity index (χ0v) is 27.5. The summed E-state index contributed by atoms with van der Waals surface area (Å²) in [6.07, 6.45) is 8.75. The molecule has 0 heterocycles. The summed E-state index contributed by atoms with van der Waals surface area (Å²) >= 11 is 0. The van der Waals surface area contributed by atoms with Gasteiger partial charge < -0.3 is 23.7 Å². The maximum absolute atomic E-state index is 12.7. The summed E-state index contributed by atoms with van der Waals surface area (Å²) in [4.78, 5) is 60.6. The van der Waals surface area contributed by atoms with Crippen molar-refractivity contribution in [3.8, 4) is 23.0 Å². The van der Waals surface area contributed by atoms with Gasteiger partial charge in [-0.1, -0.05) is 39.2 Å². The van der Waals surface area contributed by atoms with E-state index in [2.05, 4.69) is 13.5 Å². The van der Waals surface area contributed by atoms with Crippen molar-refractivity contribution in [2.24, 2.45) is 0 Å². The Kier molecular flexibility index (Phi) is 15.6. The van der Waals surface area contributed by atoms with Crippen molar-refractivity contribution in [1.29, 1.82) is 0 Å². The van der Waals surface area contributed by atoms with Crippen molar-refractivity contribution in [1.82, 2.24) is 0 Å². The SMILES string of the molecule is C=CC(=O)OCCCCCC(=O)Oc1ccc(C(=O)Oc2ccc(OC(=O)c3ccc(OC(=O)CCCCCCC)cc3)cc2C)cc1. The maximum atomic E-state index is 12.7. The highest BCUT2D eigenvalue weighted by atomic mass is 16.6. The maximum Gasteiger partial charge on any atom is 0.343 e. The largest absolute Gasteiger partial charge is 0.463 e. The molecule has 0 unspecified atom stereocenters. The van der Waals surface area contributed by atoms with Crippen LogP contribution in [0, 0.1) is 6.92 Å². The van der Waals surface area contributed by atoms with Crippen molar-refractivity contribution in [2.75, 3.05) is 6.61 Å². The fraction of sp³-hybridized carbons (Fsp3) is 0.342. The molecule has 3 rings (SSSR count). The van der Waals surface area contributed by atoms with Crippen molar-refractivity contribution in [3.05, 3.63) is 96.1 Å². The van der Waals surface area contributed by atoms with Crippen LogP contribution in [0.3, 0.4) is 0 Å². The molecular formula is C38H42O10. The number of hydrogen-bond donors (Lipinski definition) is 0. The van der Waals surface area contributed by atoms with Crippen LogP contribution in [-0.2, 0) is 19.1 Å². The summed E-state index contributed by atoms with van der Waals surface area (Å²) in [7, 11) is 0. The Balaban J connectivity index is 1.43. The Morgan fingerprint density at radius 3 is 1.62 bits per heavy atom. The second kappa shape index (κ2) is 20.1. The normalized spacial score (nSPS) is 10.5. The molecule has 0 amide bonds. The Bertz CT molecular complexity index is 1540. The monoisotopic (exact) mass is 658 g/mol. The number of benzene rings is 3. The number of aryl methyl sites for hydroxylation is 1. The van der Waals surface area contributed by atoms with Gasteiger partial charge in [0.15, 0.2) is 0 Å². The molecule has 0 atom stereocenters. The zero-order chi connectivity index (χ0) is 34.7. The zero-order valence-electron chi connectivity index (χ0n) is 27.5. The van der Waals surface area contributed by atoms with E-state index in [1.165, 1.54) is 48.5 Å². The van der Waals surface area contributed by atoms with E-state index >= 15 is 0 Å². The second-order valence-electron chi connectivity index (χ2n) is 11.0. The molecule has 0 N–H and O–H groups in total. The first-order valence-corrected chi connectivity index (χ1v) is 16.1. The molecule has 48 heavy (non-hydrogen) atoms. The quantitative estimate of drug-likeness (QED) is 0.0542. The summed E-state index contributed by atoms with van der Waals surface area (Å²) in [5.41, 5.74) is 1.09. The van der Waals surface area contributed by atoms with Crippen LogP contribution in [0.25, 0.3) is 0 Å². The van der Waals surface area contributed by atoms with Gasteiger partial charge in [0.05, 0.1) is 17.7 Å². The van der Waals surface area contributed by atoms with Crippen LogP contribution < -0.4 is 18.9 Å². The first-order valence-electron chi connectivity index (χ1n) is 16.1. The summed E-state index contributed by atoms with van der Waals surface area (Å²) in [6.45, 7) is 7.45. The van der Waals surface area contributed by atoms with Gasteiger partial charge >= 0.3 is 29.8 Å². The van der Waals surface area contributed by atoms with E-state index < -0.39 is 23.9 Å². The molecule has 0 aliphatic carbocycles. The molecule has 3 aromatic carbocycles.